The Morgan fingerprint density at radius 1 is 0.896 bits per heavy atom. The van der Waals surface area contributed by atoms with E-state index in [1.807, 2.05) is 39.8 Å². The molecule has 15 heteroatoms. The maximum Gasteiger partial charge on any atom is 0.329 e. The number of halogens is 2. The molecule has 1 aliphatic carbocycles. The molecule has 2 N–H and O–H groups in total. The van der Waals surface area contributed by atoms with Crippen LogP contribution < -0.4 is 0 Å². The van der Waals surface area contributed by atoms with Gasteiger partial charge in [0, 0.05) is 58.1 Å². The molecule has 0 aromatic heterocycles. The van der Waals surface area contributed by atoms with Crippen molar-refractivity contribution in [2.24, 2.45) is 29.6 Å². The molecule has 67 heavy (non-hydrogen) atoms. The van der Waals surface area contributed by atoms with E-state index in [1.54, 1.807) is 33.1 Å². The number of carbonyl (C=O) groups is 4. The van der Waals surface area contributed by atoms with E-state index in [0.29, 0.717) is 62.5 Å². The molecule has 1 aromatic rings. The third kappa shape index (κ3) is 13.8. The zero-order chi connectivity index (χ0) is 49.2. The molecule has 1 aromatic carbocycles. The summed E-state index contributed by atoms with van der Waals surface area (Å²) in [6.07, 6.45) is 7.10. The Bertz CT molecular complexity index is 1940. The van der Waals surface area contributed by atoms with Crippen molar-refractivity contribution >= 4 is 29.5 Å². The summed E-state index contributed by atoms with van der Waals surface area (Å²) in [5.41, 5.74) is 1.99. The third-order valence-electron chi connectivity index (χ3n) is 14.5. The van der Waals surface area contributed by atoms with E-state index in [-0.39, 0.29) is 62.2 Å². The number of ether oxygens (including phenoxy) is 6. The number of carbonyl (C=O) groups excluding carboxylic acids is 4. The van der Waals surface area contributed by atoms with Crippen molar-refractivity contribution in [1.29, 1.82) is 0 Å². The summed E-state index contributed by atoms with van der Waals surface area (Å²) in [4.78, 5) is 58.3. The largest absolute Gasteiger partial charge is 0.456 e. The predicted molar refractivity (Wildman–Crippen MR) is 247 cm³/mol. The lowest BCUT2D eigenvalue weighted by Crippen LogP contribution is -2.64. The minimum atomic E-state index is -2.53. The SMILES string of the molecule is CC[C@@H]1/C=C(\C)C[C@H](C)C[C@H](OC)[C@H]2O[C@@](O)(C(=O)C(=O)N3CCCC[C@H]3C(=O)O[C@H](/C(C)=C/[C@@H]3CC[C@@H](OC/C=C/c4cc(F)cc(F)c4)[C@H](OC)C3)[C@H](C)[C@@H](O)CC1=O)[C@H](C)C[C@@H]2OC. The van der Waals surface area contributed by atoms with Gasteiger partial charge in [-0.3, -0.25) is 14.4 Å². The van der Waals surface area contributed by atoms with Crippen LogP contribution in [0.25, 0.3) is 6.08 Å². The molecule has 5 rings (SSSR count). The summed E-state index contributed by atoms with van der Waals surface area (Å²) in [7, 11) is 4.65. The quantitative estimate of drug-likeness (QED) is 0.135. The van der Waals surface area contributed by atoms with Crippen LogP contribution in [0.1, 0.15) is 118 Å². The number of benzene rings is 1. The number of hydrogen-bond donors (Lipinski definition) is 2. The molecule has 1 saturated carbocycles. The highest BCUT2D eigenvalue weighted by atomic mass is 19.1. The van der Waals surface area contributed by atoms with Crippen molar-refractivity contribution in [1.82, 2.24) is 4.90 Å². The maximum absolute atomic E-state index is 14.5. The number of aliphatic hydroxyl groups excluding tert-OH is 1. The van der Waals surface area contributed by atoms with Crippen molar-refractivity contribution in [3.8, 4) is 0 Å². The smallest absolute Gasteiger partial charge is 0.329 e. The second-order valence-electron chi connectivity index (χ2n) is 19.6. The van der Waals surface area contributed by atoms with Crippen LogP contribution in [0.5, 0.6) is 0 Å². The first kappa shape index (κ1) is 54.2. The standard InChI is InChI=1S/C52H75F2NO12/c1-10-37-21-30(2)20-31(3)22-45(63-8)48-46(64-9)24-33(5)52(61,67-48)49(58)50(59)55-18-12-11-15-40(55)51(60)66-47(34(6)41(56)29-42(37)57)32(4)23-36-16-17-43(44(27-36)62-7)65-19-13-14-35-25-38(53)28-39(54)26-35/h13-14,21,23,25-26,28,31,33-34,36-37,40-41,43-48,56,61H,10-12,15-20,22,24,27,29H2,1-9H3/b14-13+,30-21+,32-23+/t31-,33+,34+,36-,37+,40-,41-,43+,44+,45-,46-,47+,48+,52+/m0/s1. The summed E-state index contributed by atoms with van der Waals surface area (Å²) in [5.74, 6) is -9.13. The molecular formula is C52H75F2NO12. The Labute approximate surface area is 395 Å². The van der Waals surface area contributed by atoms with Crippen LogP contribution in [0.15, 0.2) is 47.6 Å². The van der Waals surface area contributed by atoms with Crippen molar-refractivity contribution in [2.75, 3.05) is 34.5 Å². The zero-order valence-electron chi connectivity index (χ0n) is 40.9. The molecule has 0 spiro atoms. The molecule has 3 fully saturated rings. The number of piperidine rings is 1. The second-order valence-corrected chi connectivity index (χ2v) is 19.6. The molecule has 0 unspecified atom stereocenters. The van der Waals surface area contributed by atoms with Crippen LogP contribution in [-0.4, -0.2) is 128 Å². The number of esters is 1. The number of rotatable bonds is 10. The minimum absolute atomic E-state index is 0.0115. The Hall–Kier alpha value is -3.70. The third-order valence-corrected chi connectivity index (χ3v) is 14.5. The first-order valence-corrected chi connectivity index (χ1v) is 24.2. The highest BCUT2D eigenvalue weighted by molar-refractivity contribution is 6.39. The summed E-state index contributed by atoms with van der Waals surface area (Å²) in [6, 6.07) is 2.11. The number of allylic oxidation sites excluding steroid dienone is 3. The van der Waals surface area contributed by atoms with Gasteiger partial charge in [0.15, 0.2) is 0 Å². The van der Waals surface area contributed by atoms with Gasteiger partial charge in [0.05, 0.1) is 37.1 Å². The van der Waals surface area contributed by atoms with Gasteiger partial charge in [-0.15, -0.1) is 0 Å². The number of methoxy groups -OCH3 is 3. The van der Waals surface area contributed by atoms with Crippen LogP contribution >= 0.6 is 0 Å². The number of aliphatic hydroxyl groups is 2. The van der Waals surface area contributed by atoms with E-state index in [0.717, 1.165) is 11.6 Å². The molecule has 3 heterocycles. The van der Waals surface area contributed by atoms with Crippen molar-refractivity contribution < 1.29 is 66.6 Å². The number of amides is 1. The van der Waals surface area contributed by atoms with Gasteiger partial charge in [-0.25, -0.2) is 13.6 Å². The number of hydrogen-bond acceptors (Lipinski definition) is 12. The number of ketones is 2. The number of Topliss-reactive ketones (excluding diaryl/α,β-unsaturated/α-hetero) is 2. The van der Waals surface area contributed by atoms with E-state index < -0.39 is 89.4 Å². The molecule has 2 saturated heterocycles. The molecule has 1 amide bonds. The van der Waals surface area contributed by atoms with Gasteiger partial charge in [0.25, 0.3) is 11.7 Å². The molecule has 0 radical (unpaired) electrons. The molecule has 4 aliphatic rings. The van der Waals surface area contributed by atoms with E-state index >= 15 is 0 Å². The zero-order valence-corrected chi connectivity index (χ0v) is 40.9. The minimum Gasteiger partial charge on any atom is -0.456 e. The molecule has 14 atom stereocenters. The Morgan fingerprint density at radius 3 is 2.22 bits per heavy atom. The van der Waals surface area contributed by atoms with Gasteiger partial charge in [-0.1, -0.05) is 57.6 Å². The van der Waals surface area contributed by atoms with E-state index in [4.69, 9.17) is 28.4 Å². The Kier molecular flexibility index (Phi) is 20.0. The van der Waals surface area contributed by atoms with Crippen LogP contribution in [-0.2, 0) is 47.6 Å². The monoisotopic (exact) mass is 944 g/mol. The second kappa shape index (κ2) is 24.7. The van der Waals surface area contributed by atoms with Gasteiger partial charge < -0.3 is 43.5 Å². The molecule has 13 nitrogen and oxygen atoms in total. The summed E-state index contributed by atoms with van der Waals surface area (Å²) in [5, 5.41) is 23.9. The first-order chi connectivity index (χ1) is 31.8. The van der Waals surface area contributed by atoms with Crippen LogP contribution in [0.2, 0.25) is 0 Å². The van der Waals surface area contributed by atoms with Gasteiger partial charge in [-0.05, 0) is 113 Å². The van der Waals surface area contributed by atoms with E-state index in [2.05, 4.69) is 0 Å². The molecule has 3 aliphatic heterocycles. The highest BCUT2D eigenvalue weighted by Crippen LogP contribution is 2.39. The van der Waals surface area contributed by atoms with Gasteiger partial charge >= 0.3 is 5.97 Å². The van der Waals surface area contributed by atoms with Crippen LogP contribution in [0.3, 0.4) is 0 Å². The van der Waals surface area contributed by atoms with Gasteiger partial charge in [0.1, 0.15) is 35.7 Å². The summed E-state index contributed by atoms with van der Waals surface area (Å²) < 4.78 is 63.7. The van der Waals surface area contributed by atoms with Crippen molar-refractivity contribution in [3.63, 3.8) is 0 Å². The van der Waals surface area contributed by atoms with Crippen LogP contribution in [0, 0.1) is 41.2 Å². The average Bonchev–Trinajstić information content (AvgIpc) is 3.29. The molecule has 2 bridgehead atoms. The summed E-state index contributed by atoms with van der Waals surface area (Å²) >= 11 is 0. The molecular weight excluding hydrogens is 869 g/mol. The predicted octanol–water partition coefficient (Wildman–Crippen LogP) is 7.49. The van der Waals surface area contributed by atoms with Crippen LogP contribution in [0.4, 0.5) is 8.78 Å². The molecule has 374 valence electrons. The van der Waals surface area contributed by atoms with Gasteiger partial charge in [0.2, 0.25) is 5.79 Å². The first-order valence-electron chi connectivity index (χ1n) is 24.2. The lowest BCUT2D eigenvalue weighted by atomic mass is 9.81. The van der Waals surface area contributed by atoms with Crippen molar-refractivity contribution in [2.45, 2.75) is 167 Å². The van der Waals surface area contributed by atoms with Crippen molar-refractivity contribution in [3.05, 3.63) is 64.8 Å². The van der Waals surface area contributed by atoms with E-state index in [9.17, 15) is 38.2 Å². The lowest BCUT2D eigenvalue weighted by Gasteiger charge is -2.47. The normalized spacial score (nSPS) is 36.8. The maximum atomic E-state index is 14.5. The topological polar surface area (TPSA) is 167 Å². The summed E-state index contributed by atoms with van der Waals surface area (Å²) in [6.45, 7) is 11.4. The fraction of sp³-hybridized carbons (Fsp3) is 0.692. The highest BCUT2D eigenvalue weighted by Gasteiger charge is 2.56. The van der Waals surface area contributed by atoms with E-state index in [1.165, 1.54) is 31.3 Å². The fourth-order valence-electron chi connectivity index (χ4n) is 10.6. The number of cyclic esters (lactones) is 1. The fourth-order valence-corrected chi connectivity index (χ4v) is 10.6. The Balaban J connectivity index is 1.43. The van der Waals surface area contributed by atoms with Gasteiger partial charge in [-0.2, -0.15) is 0 Å². The number of nitrogens with zero attached hydrogens (tertiary/aromatic N) is 1. The number of fused-ring (bicyclic) bond motifs is 3. The lowest BCUT2D eigenvalue weighted by molar-refractivity contribution is -0.302. The average molecular weight is 944 g/mol. The Morgan fingerprint density at radius 2 is 1.57 bits per heavy atom.